The Kier molecular flexibility index (Phi) is 4.97. The van der Waals surface area contributed by atoms with Gasteiger partial charge in [0, 0.05) is 13.6 Å². The SMILES string of the molecule is CN1C(=O)C(CN2CCCCC2)CC1C#Cc1ccccc1F. The Morgan fingerprint density at radius 3 is 2.70 bits per heavy atom. The zero-order chi connectivity index (χ0) is 16.2. The van der Waals surface area contributed by atoms with E-state index in [1.807, 2.05) is 0 Å². The molecule has 0 radical (unpaired) electrons. The molecule has 23 heavy (non-hydrogen) atoms. The van der Waals surface area contributed by atoms with Crippen LogP contribution >= 0.6 is 0 Å². The second kappa shape index (κ2) is 7.14. The molecule has 0 bridgehead atoms. The van der Waals surface area contributed by atoms with Gasteiger partial charge in [-0.3, -0.25) is 4.79 Å². The van der Waals surface area contributed by atoms with Crippen molar-refractivity contribution in [2.75, 3.05) is 26.7 Å². The van der Waals surface area contributed by atoms with Gasteiger partial charge in [0.2, 0.25) is 5.91 Å². The van der Waals surface area contributed by atoms with Gasteiger partial charge < -0.3 is 9.80 Å². The van der Waals surface area contributed by atoms with E-state index in [9.17, 15) is 9.18 Å². The highest BCUT2D eigenvalue weighted by Gasteiger charge is 2.37. The highest BCUT2D eigenvalue weighted by molar-refractivity contribution is 5.82. The summed E-state index contributed by atoms with van der Waals surface area (Å²) in [6.45, 7) is 3.03. The molecule has 4 heteroatoms. The fourth-order valence-corrected chi connectivity index (χ4v) is 3.46. The van der Waals surface area contributed by atoms with Gasteiger partial charge in [0.15, 0.2) is 0 Å². The van der Waals surface area contributed by atoms with Crippen molar-refractivity contribution in [3.63, 3.8) is 0 Å². The minimum atomic E-state index is -0.308. The van der Waals surface area contributed by atoms with E-state index in [-0.39, 0.29) is 23.7 Å². The van der Waals surface area contributed by atoms with Crippen molar-refractivity contribution in [1.29, 1.82) is 0 Å². The summed E-state index contributed by atoms with van der Waals surface area (Å²) < 4.78 is 13.6. The lowest BCUT2D eigenvalue weighted by Crippen LogP contribution is -2.37. The molecule has 2 aliphatic rings. The smallest absolute Gasteiger partial charge is 0.227 e. The van der Waals surface area contributed by atoms with Crippen LogP contribution in [0.2, 0.25) is 0 Å². The van der Waals surface area contributed by atoms with E-state index < -0.39 is 0 Å². The lowest BCUT2D eigenvalue weighted by atomic mass is 10.0. The number of halogens is 1. The molecule has 0 saturated carbocycles. The summed E-state index contributed by atoms with van der Waals surface area (Å²) in [7, 11) is 1.80. The lowest BCUT2D eigenvalue weighted by molar-refractivity contribution is -0.130. The third-order valence-electron chi connectivity index (χ3n) is 4.85. The molecular formula is C19H23FN2O. The Morgan fingerprint density at radius 1 is 1.22 bits per heavy atom. The number of nitrogens with zero attached hydrogens (tertiary/aromatic N) is 2. The average Bonchev–Trinajstić information content (AvgIpc) is 2.83. The standard InChI is InChI=1S/C19H23FN2O/c1-21-17(10-9-15-7-3-4-8-18(15)20)13-16(19(21)23)14-22-11-5-2-6-12-22/h3-4,7-8,16-17H,2,5-6,11-14H2,1H3. The van der Waals surface area contributed by atoms with Crippen LogP contribution in [0.1, 0.15) is 31.2 Å². The molecule has 3 nitrogen and oxygen atoms in total. The van der Waals surface area contributed by atoms with Crippen LogP contribution in [-0.4, -0.2) is 48.4 Å². The first-order chi connectivity index (χ1) is 11.1. The highest BCUT2D eigenvalue weighted by Crippen LogP contribution is 2.25. The van der Waals surface area contributed by atoms with Crippen molar-refractivity contribution >= 4 is 5.91 Å². The van der Waals surface area contributed by atoms with Gasteiger partial charge in [-0.05, 0) is 44.5 Å². The average molecular weight is 314 g/mol. The summed E-state index contributed by atoms with van der Waals surface area (Å²) in [6, 6.07) is 6.39. The normalized spacial score (nSPS) is 25.3. The molecule has 0 aromatic heterocycles. The van der Waals surface area contributed by atoms with Gasteiger partial charge in [0.05, 0.1) is 17.5 Å². The van der Waals surface area contributed by atoms with Crippen molar-refractivity contribution in [2.45, 2.75) is 31.7 Å². The Bertz CT molecular complexity index is 628. The van der Waals surface area contributed by atoms with Gasteiger partial charge in [0.25, 0.3) is 0 Å². The quantitative estimate of drug-likeness (QED) is 0.783. The molecule has 0 N–H and O–H groups in total. The van der Waals surface area contributed by atoms with Crippen molar-refractivity contribution in [3.05, 3.63) is 35.6 Å². The molecule has 2 heterocycles. The van der Waals surface area contributed by atoms with Gasteiger partial charge in [-0.2, -0.15) is 0 Å². The Labute approximate surface area is 137 Å². The number of carbonyl (C=O) groups excluding carboxylic acids is 1. The predicted molar refractivity (Wildman–Crippen MR) is 88.2 cm³/mol. The first kappa shape index (κ1) is 16.0. The minimum absolute atomic E-state index is 0.0259. The van der Waals surface area contributed by atoms with Crippen LogP contribution in [0.25, 0.3) is 0 Å². The lowest BCUT2D eigenvalue weighted by Gasteiger charge is -2.28. The van der Waals surface area contributed by atoms with Crippen LogP contribution in [0.15, 0.2) is 24.3 Å². The number of benzene rings is 1. The largest absolute Gasteiger partial charge is 0.332 e. The van der Waals surface area contributed by atoms with E-state index >= 15 is 0 Å². The Morgan fingerprint density at radius 2 is 1.96 bits per heavy atom. The number of piperidine rings is 1. The number of rotatable bonds is 2. The van der Waals surface area contributed by atoms with E-state index in [2.05, 4.69) is 16.7 Å². The fourth-order valence-electron chi connectivity index (χ4n) is 3.46. The monoisotopic (exact) mass is 314 g/mol. The topological polar surface area (TPSA) is 23.6 Å². The van der Waals surface area contributed by atoms with Crippen molar-refractivity contribution in [3.8, 4) is 11.8 Å². The number of hydrogen-bond acceptors (Lipinski definition) is 2. The summed E-state index contributed by atoms with van der Waals surface area (Å²) in [5.74, 6) is 5.87. The minimum Gasteiger partial charge on any atom is -0.332 e. The maximum Gasteiger partial charge on any atom is 0.227 e. The van der Waals surface area contributed by atoms with E-state index in [0.717, 1.165) is 26.1 Å². The maximum absolute atomic E-state index is 13.6. The van der Waals surface area contributed by atoms with E-state index in [4.69, 9.17) is 0 Å². The zero-order valence-corrected chi connectivity index (χ0v) is 13.6. The second-order valence-corrected chi connectivity index (χ2v) is 6.51. The van der Waals surface area contributed by atoms with Crippen LogP contribution in [0, 0.1) is 23.6 Å². The number of likely N-dealkylation sites (tertiary alicyclic amines) is 2. The molecule has 2 fully saturated rings. The van der Waals surface area contributed by atoms with Crippen LogP contribution in [-0.2, 0) is 4.79 Å². The van der Waals surface area contributed by atoms with Gasteiger partial charge >= 0.3 is 0 Å². The maximum atomic E-state index is 13.6. The Hall–Kier alpha value is -1.86. The van der Waals surface area contributed by atoms with Crippen LogP contribution < -0.4 is 0 Å². The molecule has 2 saturated heterocycles. The first-order valence-electron chi connectivity index (χ1n) is 8.40. The van der Waals surface area contributed by atoms with Gasteiger partial charge in [-0.25, -0.2) is 4.39 Å². The second-order valence-electron chi connectivity index (χ2n) is 6.51. The summed E-state index contributed by atoms with van der Waals surface area (Å²) in [5, 5.41) is 0. The van der Waals surface area contributed by atoms with Gasteiger partial charge in [0.1, 0.15) is 5.82 Å². The summed E-state index contributed by atoms with van der Waals surface area (Å²) >= 11 is 0. The van der Waals surface area contributed by atoms with E-state index in [0.29, 0.717) is 5.56 Å². The van der Waals surface area contributed by atoms with Crippen molar-refractivity contribution < 1.29 is 9.18 Å². The summed E-state index contributed by atoms with van der Waals surface area (Å²) in [4.78, 5) is 16.5. The van der Waals surface area contributed by atoms with E-state index in [1.165, 1.54) is 25.3 Å². The molecule has 3 rings (SSSR count). The number of amides is 1. The molecule has 2 unspecified atom stereocenters. The molecular weight excluding hydrogens is 291 g/mol. The molecule has 1 aromatic carbocycles. The third-order valence-corrected chi connectivity index (χ3v) is 4.85. The van der Waals surface area contributed by atoms with Crippen molar-refractivity contribution in [2.24, 2.45) is 5.92 Å². The molecule has 2 atom stereocenters. The number of carbonyl (C=O) groups is 1. The summed E-state index contributed by atoms with van der Waals surface area (Å²) in [6.07, 6.45) is 4.50. The molecule has 0 spiro atoms. The van der Waals surface area contributed by atoms with Gasteiger partial charge in [-0.1, -0.05) is 30.4 Å². The fraction of sp³-hybridized carbons (Fsp3) is 0.526. The summed E-state index contributed by atoms with van der Waals surface area (Å²) in [5.41, 5.74) is 0.396. The van der Waals surface area contributed by atoms with Crippen molar-refractivity contribution in [1.82, 2.24) is 9.80 Å². The van der Waals surface area contributed by atoms with Crippen LogP contribution in [0.4, 0.5) is 4.39 Å². The third kappa shape index (κ3) is 3.73. The molecule has 1 aromatic rings. The molecule has 1 amide bonds. The first-order valence-corrected chi connectivity index (χ1v) is 8.40. The number of hydrogen-bond donors (Lipinski definition) is 0. The van der Waals surface area contributed by atoms with Gasteiger partial charge in [-0.15, -0.1) is 0 Å². The molecule has 2 aliphatic heterocycles. The van der Waals surface area contributed by atoms with Crippen LogP contribution in [0.3, 0.4) is 0 Å². The molecule has 0 aliphatic carbocycles. The predicted octanol–water partition coefficient (Wildman–Crippen LogP) is 2.51. The zero-order valence-electron chi connectivity index (χ0n) is 13.6. The molecule has 122 valence electrons. The highest BCUT2D eigenvalue weighted by atomic mass is 19.1. The van der Waals surface area contributed by atoms with E-state index in [1.54, 1.807) is 30.1 Å². The van der Waals surface area contributed by atoms with Crippen LogP contribution in [0.5, 0.6) is 0 Å². The Balaban J connectivity index is 1.65.